The predicted molar refractivity (Wildman–Crippen MR) is 79.0 cm³/mol. The van der Waals surface area contributed by atoms with Gasteiger partial charge in [-0.1, -0.05) is 37.3 Å². The lowest BCUT2D eigenvalue weighted by Gasteiger charge is -2.19. The summed E-state index contributed by atoms with van der Waals surface area (Å²) < 4.78 is 15.3. The van der Waals surface area contributed by atoms with Gasteiger partial charge in [-0.3, -0.25) is 0 Å². The van der Waals surface area contributed by atoms with Crippen LogP contribution < -0.4 is 5.73 Å². The number of benzene rings is 2. The molecule has 0 saturated heterocycles. The molecule has 4 heteroatoms. The zero-order valence-electron chi connectivity index (χ0n) is 11.3. The third-order valence-corrected chi connectivity index (χ3v) is 3.56. The minimum atomic E-state index is -0.296. The number of fused-ring (bicyclic) bond motifs is 1. The van der Waals surface area contributed by atoms with Crippen molar-refractivity contribution in [1.29, 1.82) is 0 Å². The van der Waals surface area contributed by atoms with Crippen molar-refractivity contribution in [3.63, 3.8) is 0 Å². The van der Waals surface area contributed by atoms with Crippen molar-refractivity contribution in [1.82, 2.24) is 9.55 Å². The Hall–Kier alpha value is -2.36. The largest absolute Gasteiger partial charge is 0.369 e. The van der Waals surface area contributed by atoms with E-state index in [2.05, 4.69) is 24.0 Å². The molecular weight excluding hydrogens is 253 g/mol. The lowest BCUT2D eigenvalue weighted by Crippen LogP contribution is -2.12. The molecule has 0 aliphatic heterocycles. The predicted octanol–water partition coefficient (Wildman–Crippen LogP) is 3.76. The number of aromatic nitrogens is 2. The van der Waals surface area contributed by atoms with E-state index >= 15 is 0 Å². The number of nitrogen functional groups attached to an aromatic ring is 1. The van der Waals surface area contributed by atoms with Crippen molar-refractivity contribution >= 4 is 17.0 Å². The van der Waals surface area contributed by atoms with Crippen molar-refractivity contribution in [2.45, 2.75) is 19.4 Å². The van der Waals surface area contributed by atoms with Crippen LogP contribution in [-0.4, -0.2) is 9.55 Å². The molecule has 0 saturated carbocycles. The summed E-state index contributed by atoms with van der Waals surface area (Å²) in [4.78, 5) is 4.27. The van der Waals surface area contributed by atoms with E-state index in [0.717, 1.165) is 11.9 Å². The molecule has 0 fully saturated rings. The van der Waals surface area contributed by atoms with Crippen molar-refractivity contribution in [3.8, 4) is 0 Å². The normalized spacial score (nSPS) is 12.7. The summed E-state index contributed by atoms with van der Waals surface area (Å²) in [5.74, 6) is 0.121. The first-order valence-electron chi connectivity index (χ1n) is 6.68. The van der Waals surface area contributed by atoms with Crippen molar-refractivity contribution in [3.05, 3.63) is 59.9 Å². The summed E-state index contributed by atoms with van der Waals surface area (Å²) in [5, 5.41) is 0. The summed E-state index contributed by atoms with van der Waals surface area (Å²) in [6.07, 6.45) is 0.886. The van der Waals surface area contributed by atoms with Gasteiger partial charge in [-0.25, -0.2) is 9.37 Å². The highest BCUT2D eigenvalue weighted by molar-refractivity contribution is 5.78. The molecule has 0 amide bonds. The molecule has 0 spiro atoms. The second-order valence-electron chi connectivity index (χ2n) is 4.81. The SMILES string of the molecule is CCC(c1ccccc1)n1c(N)nc2cc(F)ccc21. The van der Waals surface area contributed by atoms with Crippen LogP contribution in [0.2, 0.25) is 0 Å². The van der Waals surface area contributed by atoms with Gasteiger partial charge in [0, 0.05) is 6.07 Å². The fourth-order valence-electron chi connectivity index (χ4n) is 2.66. The van der Waals surface area contributed by atoms with E-state index in [-0.39, 0.29) is 11.9 Å². The van der Waals surface area contributed by atoms with Gasteiger partial charge in [-0.2, -0.15) is 0 Å². The number of nitrogens with two attached hydrogens (primary N) is 1. The zero-order chi connectivity index (χ0) is 14.1. The average Bonchev–Trinajstić information content (AvgIpc) is 2.77. The lowest BCUT2D eigenvalue weighted by molar-refractivity contribution is 0.588. The van der Waals surface area contributed by atoms with Crippen LogP contribution in [0, 0.1) is 5.82 Å². The van der Waals surface area contributed by atoms with Gasteiger partial charge in [0.15, 0.2) is 0 Å². The van der Waals surface area contributed by atoms with E-state index in [9.17, 15) is 4.39 Å². The summed E-state index contributed by atoms with van der Waals surface area (Å²) in [6.45, 7) is 2.10. The van der Waals surface area contributed by atoms with Crippen LogP contribution in [0.3, 0.4) is 0 Å². The van der Waals surface area contributed by atoms with Crippen LogP contribution in [0.4, 0.5) is 10.3 Å². The molecule has 1 atom stereocenters. The Bertz CT molecular complexity index is 734. The van der Waals surface area contributed by atoms with E-state index in [4.69, 9.17) is 5.73 Å². The van der Waals surface area contributed by atoms with Crippen molar-refractivity contribution in [2.75, 3.05) is 5.73 Å². The molecule has 0 bridgehead atoms. The van der Waals surface area contributed by atoms with Gasteiger partial charge < -0.3 is 10.3 Å². The van der Waals surface area contributed by atoms with E-state index in [1.807, 2.05) is 22.8 Å². The second-order valence-corrected chi connectivity index (χ2v) is 4.81. The molecule has 2 N–H and O–H groups in total. The van der Waals surface area contributed by atoms with Crippen LogP contribution in [0.25, 0.3) is 11.0 Å². The fourth-order valence-corrected chi connectivity index (χ4v) is 2.66. The van der Waals surface area contributed by atoms with E-state index < -0.39 is 0 Å². The molecule has 0 aliphatic rings. The Morgan fingerprint density at radius 2 is 1.95 bits per heavy atom. The van der Waals surface area contributed by atoms with Gasteiger partial charge >= 0.3 is 0 Å². The number of nitrogens with zero attached hydrogens (tertiary/aromatic N) is 2. The molecule has 102 valence electrons. The smallest absolute Gasteiger partial charge is 0.201 e. The minimum Gasteiger partial charge on any atom is -0.369 e. The number of imidazole rings is 1. The van der Waals surface area contributed by atoms with Crippen LogP contribution in [0.5, 0.6) is 0 Å². The highest BCUT2D eigenvalue weighted by atomic mass is 19.1. The molecule has 0 radical (unpaired) electrons. The van der Waals surface area contributed by atoms with Gasteiger partial charge in [-0.15, -0.1) is 0 Å². The maximum atomic E-state index is 13.3. The molecule has 2 aromatic carbocycles. The van der Waals surface area contributed by atoms with Gasteiger partial charge in [0.25, 0.3) is 0 Å². The number of halogens is 1. The number of rotatable bonds is 3. The van der Waals surface area contributed by atoms with Crippen molar-refractivity contribution < 1.29 is 4.39 Å². The second kappa shape index (κ2) is 4.96. The van der Waals surface area contributed by atoms with Crippen molar-refractivity contribution in [2.24, 2.45) is 0 Å². The van der Waals surface area contributed by atoms with Gasteiger partial charge in [-0.05, 0) is 24.1 Å². The molecular formula is C16H16FN3. The Morgan fingerprint density at radius 1 is 1.20 bits per heavy atom. The first-order valence-corrected chi connectivity index (χ1v) is 6.68. The highest BCUT2D eigenvalue weighted by Gasteiger charge is 2.18. The fraction of sp³-hybridized carbons (Fsp3) is 0.188. The molecule has 3 aromatic rings. The lowest BCUT2D eigenvalue weighted by atomic mass is 10.0. The summed E-state index contributed by atoms with van der Waals surface area (Å²) in [7, 11) is 0. The quantitative estimate of drug-likeness (QED) is 0.786. The van der Waals surface area contributed by atoms with Crippen LogP contribution in [-0.2, 0) is 0 Å². The topological polar surface area (TPSA) is 43.8 Å². The molecule has 3 rings (SSSR count). The van der Waals surface area contributed by atoms with E-state index in [0.29, 0.717) is 11.5 Å². The summed E-state index contributed by atoms with van der Waals surface area (Å²) >= 11 is 0. The number of hydrogen-bond donors (Lipinski definition) is 1. The monoisotopic (exact) mass is 269 g/mol. The Morgan fingerprint density at radius 3 is 2.65 bits per heavy atom. The van der Waals surface area contributed by atoms with Gasteiger partial charge in [0.2, 0.25) is 5.95 Å². The third-order valence-electron chi connectivity index (χ3n) is 3.56. The summed E-state index contributed by atoms with van der Waals surface area (Å²) in [6, 6.07) is 14.8. The maximum absolute atomic E-state index is 13.3. The van der Waals surface area contributed by atoms with Gasteiger partial charge in [0.1, 0.15) is 5.82 Å². The number of anilines is 1. The Balaban J connectivity index is 2.19. The third kappa shape index (κ3) is 2.03. The number of hydrogen-bond acceptors (Lipinski definition) is 2. The molecule has 1 unspecified atom stereocenters. The summed E-state index contributed by atoms with van der Waals surface area (Å²) in [5.41, 5.74) is 8.67. The molecule has 1 heterocycles. The minimum absolute atomic E-state index is 0.103. The van der Waals surface area contributed by atoms with Crippen LogP contribution in [0.1, 0.15) is 24.9 Å². The Labute approximate surface area is 116 Å². The van der Waals surface area contributed by atoms with Crippen LogP contribution >= 0.6 is 0 Å². The van der Waals surface area contributed by atoms with Crippen LogP contribution in [0.15, 0.2) is 48.5 Å². The average molecular weight is 269 g/mol. The standard InChI is InChI=1S/C16H16FN3/c1-2-14(11-6-4-3-5-7-11)20-15-9-8-12(17)10-13(15)19-16(20)18/h3-10,14H,2H2,1H3,(H2,18,19). The van der Waals surface area contributed by atoms with Gasteiger partial charge in [0.05, 0.1) is 17.1 Å². The van der Waals surface area contributed by atoms with E-state index in [1.165, 1.54) is 17.7 Å². The molecule has 1 aromatic heterocycles. The molecule has 3 nitrogen and oxygen atoms in total. The van der Waals surface area contributed by atoms with E-state index in [1.54, 1.807) is 6.07 Å². The zero-order valence-corrected chi connectivity index (χ0v) is 11.3. The first-order chi connectivity index (χ1) is 9.70. The molecule has 0 aliphatic carbocycles. The Kier molecular flexibility index (Phi) is 3.14. The highest BCUT2D eigenvalue weighted by Crippen LogP contribution is 2.29. The first kappa shape index (κ1) is 12.7. The molecule has 20 heavy (non-hydrogen) atoms. The maximum Gasteiger partial charge on any atom is 0.201 e.